The van der Waals surface area contributed by atoms with E-state index in [0.29, 0.717) is 17.1 Å². The minimum atomic E-state index is -0.319. The number of tetrazole rings is 1. The Kier molecular flexibility index (Phi) is 2.04. The van der Waals surface area contributed by atoms with E-state index in [-0.39, 0.29) is 5.69 Å². The van der Waals surface area contributed by atoms with Crippen LogP contribution in [0.15, 0.2) is 35.4 Å². The zero-order valence-electron chi connectivity index (χ0n) is 8.53. The van der Waals surface area contributed by atoms with Gasteiger partial charge in [0.25, 0.3) is 0 Å². The van der Waals surface area contributed by atoms with Crippen LogP contribution in [0.5, 0.6) is 0 Å². The quantitative estimate of drug-likeness (QED) is 0.629. The Morgan fingerprint density at radius 1 is 1.24 bits per heavy atom. The van der Waals surface area contributed by atoms with Crippen molar-refractivity contribution in [3.8, 4) is 17.1 Å². The van der Waals surface area contributed by atoms with Crippen LogP contribution in [0.25, 0.3) is 17.1 Å². The van der Waals surface area contributed by atoms with Crippen molar-refractivity contribution < 1.29 is 0 Å². The topological polar surface area (TPSA) is 105 Å². The van der Waals surface area contributed by atoms with Gasteiger partial charge < -0.3 is 0 Å². The largest absolute Gasteiger partial charge is 0.347 e. The van der Waals surface area contributed by atoms with Gasteiger partial charge in [0, 0.05) is 5.56 Å². The Morgan fingerprint density at radius 2 is 2.12 bits per heavy atom. The lowest BCUT2D eigenvalue weighted by Gasteiger charge is -2.04. The van der Waals surface area contributed by atoms with Gasteiger partial charge in [-0.1, -0.05) is 12.1 Å². The first kappa shape index (κ1) is 9.46. The molecular formula is C9H7N7O. The zero-order chi connectivity index (χ0) is 11.7. The molecule has 3 rings (SSSR count). The van der Waals surface area contributed by atoms with Crippen LogP contribution < -0.4 is 5.69 Å². The summed E-state index contributed by atoms with van der Waals surface area (Å²) >= 11 is 0. The zero-order valence-corrected chi connectivity index (χ0v) is 8.53. The average Bonchev–Trinajstić information content (AvgIpc) is 3.00. The molecule has 0 aliphatic carbocycles. The van der Waals surface area contributed by atoms with Crippen molar-refractivity contribution >= 4 is 0 Å². The molecule has 3 aromatic rings. The van der Waals surface area contributed by atoms with Gasteiger partial charge in [0.1, 0.15) is 6.33 Å². The van der Waals surface area contributed by atoms with Crippen molar-refractivity contribution in [2.45, 2.75) is 0 Å². The van der Waals surface area contributed by atoms with Crippen LogP contribution in [0.3, 0.4) is 0 Å². The van der Waals surface area contributed by atoms with Gasteiger partial charge in [0.15, 0.2) is 0 Å². The first-order chi connectivity index (χ1) is 8.36. The molecule has 0 spiro atoms. The van der Waals surface area contributed by atoms with Crippen LogP contribution in [-0.2, 0) is 0 Å². The van der Waals surface area contributed by atoms with Crippen LogP contribution >= 0.6 is 0 Å². The Hall–Kier alpha value is -2.77. The van der Waals surface area contributed by atoms with E-state index in [2.05, 4.69) is 30.8 Å². The second-order valence-corrected chi connectivity index (χ2v) is 3.28. The number of para-hydroxylation sites is 1. The molecule has 0 aliphatic rings. The van der Waals surface area contributed by atoms with Crippen LogP contribution in [0.4, 0.5) is 0 Å². The minimum absolute atomic E-state index is 0.319. The van der Waals surface area contributed by atoms with Crippen molar-refractivity contribution in [1.29, 1.82) is 0 Å². The van der Waals surface area contributed by atoms with Crippen molar-refractivity contribution in [2.75, 3.05) is 0 Å². The fourth-order valence-corrected chi connectivity index (χ4v) is 1.57. The predicted octanol–water partition coefficient (Wildman–Crippen LogP) is -0.259. The number of benzene rings is 1. The highest BCUT2D eigenvalue weighted by molar-refractivity contribution is 5.66. The smallest absolute Gasteiger partial charge is 0.249 e. The molecule has 0 atom stereocenters. The number of H-pyrrole nitrogens is 2. The first-order valence-corrected chi connectivity index (χ1v) is 4.81. The molecule has 17 heavy (non-hydrogen) atoms. The van der Waals surface area contributed by atoms with E-state index >= 15 is 0 Å². The fourth-order valence-electron chi connectivity index (χ4n) is 1.57. The van der Waals surface area contributed by atoms with Gasteiger partial charge in [-0.15, -0.1) is 10.2 Å². The van der Waals surface area contributed by atoms with E-state index < -0.39 is 0 Å². The standard InChI is InChI=1S/C9H7N7O/c17-9-13-10-5-16(9)7-4-2-1-3-6(7)8-11-14-15-12-8/h1-5H,(H,13,17)(H,11,12,14,15). The highest BCUT2D eigenvalue weighted by Crippen LogP contribution is 2.21. The lowest BCUT2D eigenvalue weighted by molar-refractivity contribution is 0.881. The summed E-state index contributed by atoms with van der Waals surface area (Å²) in [5.41, 5.74) is 1.03. The van der Waals surface area contributed by atoms with Gasteiger partial charge in [0.05, 0.1) is 5.69 Å². The van der Waals surface area contributed by atoms with E-state index in [1.54, 1.807) is 12.1 Å². The number of aromatic nitrogens is 7. The lowest BCUT2D eigenvalue weighted by Crippen LogP contribution is -2.15. The number of hydrogen-bond donors (Lipinski definition) is 2. The molecule has 8 nitrogen and oxygen atoms in total. The average molecular weight is 229 g/mol. The van der Waals surface area contributed by atoms with Crippen molar-refractivity contribution in [3.05, 3.63) is 41.1 Å². The molecule has 0 radical (unpaired) electrons. The second kappa shape index (κ2) is 3.67. The molecule has 0 amide bonds. The predicted molar refractivity (Wildman–Crippen MR) is 57.4 cm³/mol. The first-order valence-electron chi connectivity index (χ1n) is 4.81. The number of hydrogen-bond acceptors (Lipinski definition) is 5. The maximum Gasteiger partial charge on any atom is 0.347 e. The lowest BCUT2D eigenvalue weighted by atomic mass is 10.1. The molecule has 2 aromatic heterocycles. The van der Waals surface area contributed by atoms with Crippen LogP contribution in [0.2, 0.25) is 0 Å². The van der Waals surface area contributed by atoms with E-state index in [0.717, 1.165) is 0 Å². The van der Waals surface area contributed by atoms with Gasteiger partial charge in [-0.2, -0.15) is 10.3 Å². The maximum absolute atomic E-state index is 11.5. The highest BCUT2D eigenvalue weighted by Gasteiger charge is 2.11. The highest BCUT2D eigenvalue weighted by atomic mass is 16.1. The van der Waals surface area contributed by atoms with Crippen LogP contribution in [0.1, 0.15) is 0 Å². The molecule has 84 valence electrons. The molecule has 0 saturated heterocycles. The van der Waals surface area contributed by atoms with E-state index in [1.165, 1.54) is 10.9 Å². The van der Waals surface area contributed by atoms with Crippen LogP contribution in [-0.4, -0.2) is 35.4 Å². The Morgan fingerprint density at radius 3 is 2.82 bits per heavy atom. The summed E-state index contributed by atoms with van der Waals surface area (Å²) in [4.78, 5) is 11.5. The third-order valence-corrected chi connectivity index (χ3v) is 2.30. The molecule has 1 aromatic carbocycles. The Bertz CT molecular complexity index is 681. The number of rotatable bonds is 2. The molecule has 0 saturated carbocycles. The molecule has 8 heteroatoms. The summed E-state index contributed by atoms with van der Waals surface area (Å²) < 4.78 is 1.38. The van der Waals surface area contributed by atoms with Crippen LogP contribution in [0, 0.1) is 0 Å². The summed E-state index contributed by atoms with van der Waals surface area (Å²) in [7, 11) is 0. The van der Waals surface area contributed by atoms with Crippen molar-refractivity contribution in [1.82, 2.24) is 35.4 Å². The minimum Gasteiger partial charge on any atom is -0.249 e. The van der Waals surface area contributed by atoms with Crippen molar-refractivity contribution in [3.63, 3.8) is 0 Å². The van der Waals surface area contributed by atoms with E-state index in [1.807, 2.05) is 12.1 Å². The van der Waals surface area contributed by atoms with Crippen molar-refractivity contribution in [2.24, 2.45) is 0 Å². The molecule has 0 bridgehead atoms. The Labute approximate surface area is 94.3 Å². The summed E-state index contributed by atoms with van der Waals surface area (Å²) in [6.45, 7) is 0. The molecule has 2 heterocycles. The van der Waals surface area contributed by atoms with Gasteiger partial charge in [0.2, 0.25) is 5.82 Å². The van der Waals surface area contributed by atoms with Gasteiger partial charge in [-0.05, 0) is 17.3 Å². The SMILES string of the molecule is O=c1[nH]ncn1-c1ccccc1-c1nn[nH]n1. The van der Waals surface area contributed by atoms with E-state index in [4.69, 9.17) is 0 Å². The summed E-state index contributed by atoms with van der Waals surface area (Å²) in [5, 5.41) is 19.7. The molecule has 0 aliphatic heterocycles. The third kappa shape index (κ3) is 1.51. The van der Waals surface area contributed by atoms with Gasteiger partial charge in [-0.3, -0.25) is 0 Å². The van der Waals surface area contributed by atoms with E-state index in [9.17, 15) is 4.79 Å². The number of nitrogens with zero attached hydrogens (tertiary/aromatic N) is 5. The van der Waals surface area contributed by atoms with Gasteiger partial charge in [-0.25, -0.2) is 14.5 Å². The molecular weight excluding hydrogens is 222 g/mol. The summed E-state index contributed by atoms with van der Waals surface area (Å²) in [6, 6.07) is 7.24. The summed E-state index contributed by atoms with van der Waals surface area (Å²) in [5.74, 6) is 0.425. The monoisotopic (exact) mass is 229 g/mol. The second-order valence-electron chi connectivity index (χ2n) is 3.28. The molecule has 0 fully saturated rings. The Balaban J connectivity index is 2.25. The molecule has 2 N–H and O–H groups in total. The van der Waals surface area contributed by atoms with Gasteiger partial charge >= 0.3 is 5.69 Å². The summed E-state index contributed by atoms with van der Waals surface area (Å²) in [6.07, 6.45) is 1.40. The number of nitrogens with one attached hydrogen (secondary N) is 2. The number of aromatic amines is 2. The molecule has 0 unspecified atom stereocenters. The third-order valence-electron chi connectivity index (χ3n) is 2.30. The normalized spacial score (nSPS) is 10.6. The fraction of sp³-hybridized carbons (Fsp3) is 0. The maximum atomic E-state index is 11.5.